The van der Waals surface area contributed by atoms with Crippen molar-refractivity contribution in [2.24, 2.45) is 5.41 Å². The van der Waals surface area contributed by atoms with Gasteiger partial charge in [0.1, 0.15) is 5.82 Å². The highest BCUT2D eigenvalue weighted by atomic mass is 35.5. The molecule has 1 atom stereocenters. The molecule has 2 nitrogen and oxygen atoms in total. The van der Waals surface area contributed by atoms with Crippen LogP contribution in [0.1, 0.15) is 38.4 Å². The first-order chi connectivity index (χ1) is 9.10. The normalized spacial score (nSPS) is 23.1. The number of hydrogen-bond acceptors (Lipinski definition) is 2. The first kappa shape index (κ1) is 14.8. The molecule has 0 bridgehead atoms. The topological polar surface area (TPSA) is 21.3 Å². The second kappa shape index (κ2) is 6.21. The van der Waals surface area contributed by atoms with Crippen molar-refractivity contribution in [2.75, 3.05) is 19.7 Å². The number of nitrogens with one attached hydrogen (secondary N) is 1. The summed E-state index contributed by atoms with van der Waals surface area (Å²) in [4.78, 5) is 0. The van der Waals surface area contributed by atoms with E-state index in [0.717, 1.165) is 38.1 Å². The van der Waals surface area contributed by atoms with Gasteiger partial charge in [-0.2, -0.15) is 0 Å². The summed E-state index contributed by atoms with van der Waals surface area (Å²) in [7, 11) is 0. The van der Waals surface area contributed by atoms with Crippen LogP contribution in [-0.2, 0) is 4.74 Å². The van der Waals surface area contributed by atoms with Crippen LogP contribution < -0.4 is 5.32 Å². The minimum absolute atomic E-state index is 0.0573. The second-order valence-corrected chi connectivity index (χ2v) is 5.72. The first-order valence-electron chi connectivity index (χ1n) is 6.87. The molecular formula is C15H21ClFNO. The van der Waals surface area contributed by atoms with Gasteiger partial charge in [0.25, 0.3) is 0 Å². The third-order valence-corrected chi connectivity index (χ3v) is 4.53. The lowest BCUT2D eigenvalue weighted by Crippen LogP contribution is -2.34. The highest BCUT2D eigenvalue weighted by molar-refractivity contribution is 6.30. The van der Waals surface area contributed by atoms with Gasteiger partial charge in [-0.25, -0.2) is 4.39 Å². The Kier molecular flexibility index (Phi) is 4.82. The molecule has 0 saturated carbocycles. The minimum atomic E-state index is -0.386. The van der Waals surface area contributed by atoms with Crippen molar-refractivity contribution in [1.82, 2.24) is 5.32 Å². The maximum atomic E-state index is 13.2. The summed E-state index contributed by atoms with van der Waals surface area (Å²) < 4.78 is 19.2. The molecule has 1 aromatic rings. The zero-order chi connectivity index (χ0) is 13.9. The summed E-state index contributed by atoms with van der Waals surface area (Å²) >= 11 is 5.83. The third-order valence-electron chi connectivity index (χ3n) is 4.24. The molecule has 1 heterocycles. The van der Waals surface area contributed by atoms with Gasteiger partial charge in [-0.1, -0.05) is 31.5 Å². The van der Waals surface area contributed by atoms with E-state index in [0.29, 0.717) is 0 Å². The highest BCUT2D eigenvalue weighted by Gasteiger charge is 2.31. The quantitative estimate of drug-likeness (QED) is 0.908. The van der Waals surface area contributed by atoms with Crippen molar-refractivity contribution in [3.8, 4) is 0 Å². The van der Waals surface area contributed by atoms with Gasteiger partial charge in [-0.05, 0) is 30.5 Å². The Morgan fingerprint density at radius 3 is 2.79 bits per heavy atom. The minimum Gasteiger partial charge on any atom is -0.372 e. The second-order valence-electron chi connectivity index (χ2n) is 5.31. The van der Waals surface area contributed by atoms with Gasteiger partial charge in [0.05, 0.1) is 17.7 Å². The molecule has 1 aliphatic heterocycles. The lowest BCUT2D eigenvalue weighted by molar-refractivity contribution is 0.0103. The molecule has 1 aliphatic rings. The van der Waals surface area contributed by atoms with Crippen LogP contribution in [0, 0.1) is 11.2 Å². The monoisotopic (exact) mass is 285 g/mol. The molecule has 1 fully saturated rings. The third kappa shape index (κ3) is 3.28. The van der Waals surface area contributed by atoms with Gasteiger partial charge < -0.3 is 10.1 Å². The molecule has 1 aromatic carbocycles. The molecule has 4 heteroatoms. The van der Waals surface area contributed by atoms with Gasteiger partial charge in [-0.3, -0.25) is 0 Å². The summed E-state index contributed by atoms with van der Waals surface area (Å²) in [5.74, 6) is -0.386. The lowest BCUT2D eigenvalue weighted by Gasteiger charge is -2.29. The van der Waals surface area contributed by atoms with Gasteiger partial charge in [0.15, 0.2) is 0 Å². The average Bonchev–Trinajstić information content (AvgIpc) is 2.65. The van der Waals surface area contributed by atoms with E-state index in [1.54, 1.807) is 12.1 Å². The van der Waals surface area contributed by atoms with Crippen molar-refractivity contribution in [1.29, 1.82) is 0 Å². The van der Waals surface area contributed by atoms with E-state index < -0.39 is 0 Å². The smallest absolute Gasteiger partial charge is 0.141 e. The molecule has 0 amide bonds. The number of halogens is 2. The standard InChI is InChI=1S/C15H21ClFNO/c1-3-15(4-2)9-18-8-14(19-10-15)11-5-6-13(17)12(16)7-11/h5-7,14,18H,3-4,8-10H2,1-2H3. The van der Waals surface area contributed by atoms with E-state index in [1.165, 1.54) is 6.07 Å². The Hall–Kier alpha value is -0.640. The van der Waals surface area contributed by atoms with Gasteiger partial charge in [-0.15, -0.1) is 0 Å². The molecule has 0 aromatic heterocycles. The molecule has 0 radical (unpaired) electrons. The summed E-state index contributed by atoms with van der Waals surface area (Å²) in [5.41, 5.74) is 1.14. The fraction of sp³-hybridized carbons (Fsp3) is 0.600. The number of rotatable bonds is 3. The van der Waals surface area contributed by atoms with E-state index in [-0.39, 0.29) is 22.4 Å². The predicted octanol–water partition coefficient (Wildman–Crippen LogP) is 3.95. The number of benzene rings is 1. The van der Waals surface area contributed by atoms with E-state index in [9.17, 15) is 4.39 Å². The van der Waals surface area contributed by atoms with Crippen LogP contribution in [0.3, 0.4) is 0 Å². The lowest BCUT2D eigenvalue weighted by atomic mass is 9.83. The Morgan fingerprint density at radius 2 is 2.16 bits per heavy atom. The maximum Gasteiger partial charge on any atom is 0.141 e. The summed E-state index contributed by atoms with van der Waals surface area (Å²) in [6.45, 7) is 6.83. The van der Waals surface area contributed by atoms with Crippen molar-refractivity contribution in [3.05, 3.63) is 34.6 Å². The maximum absolute atomic E-state index is 13.2. The molecule has 106 valence electrons. The molecule has 1 saturated heterocycles. The van der Waals surface area contributed by atoms with Crippen molar-refractivity contribution in [2.45, 2.75) is 32.8 Å². The van der Waals surface area contributed by atoms with Gasteiger partial charge in [0, 0.05) is 18.5 Å². The van der Waals surface area contributed by atoms with E-state index in [1.807, 2.05) is 0 Å². The summed E-state index contributed by atoms with van der Waals surface area (Å²) in [5, 5.41) is 3.62. The number of hydrogen-bond donors (Lipinski definition) is 1. The zero-order valence-corrected chi connectivity index (χ0v) is 12.3. The Balaban J connectivity index is 2.12. The van der Waals surface area contributed by atoms with Crippen LogP contribution in [0.25, 0.3) is 0 Å². The molecule has 1 N–H and O–H groups in total. The van der Waals surface area contributed by atoms with Crippen LogP contribution in [0.5, 0.6) is 0 Å². The zero-order valence-electron chi connectivity index (χ0n) is 11.5. The molecule has 0 aliphatic carbocycles. The molecule has 1 unspecified atom stereocenters. The van der Waals surface area contributed by atoms with Gasteiger partial charge in [0.2, 0.25) is 0 Å². The Bertz CT molecular complexity index is 434. The van der Waals surface area contributed by atoms with Crippen LogP contribution in [0.4, 0.5) is 4.39 Å². The Morgan fingerprint density at radius 1 is 1.42 bits per heavy atom. The average molecular weight is 286 g/mol. The van der Waals surface area contributed by atoms with Gasteiger partial charge >= 0.3 is 0 Å². The van der Waals surface area contributed by atoms with E-state index >= 15 is 0 Å². The summed E-state index contributed by atoms with van der Waals surface area (Å²) in [6, 6.07) is 4.81. The van der Waals surface area contributed by atoms with Crippen LogP contribution in [0.15, 0.2) is 18.2 Å². The predicted molar refractivity (Wildman–Crippen MR) is 76.0 cm³/mol. The largest absolute Gasteiger partial charge is 0.372 e. The van der Waals surface area contributed by atoms with E-state index in [2.05, 4.69) is 19.2 Å². The Labute approximate surface area is 119 Å². The van der Waals surface area contributed by atoms with Crippen LogP contribution in [-0.4, -0.2) is 19.7 Å². The number of ether oxygens (including phenoxy) is 1. The molecule has 2 rings (SSSR count). The molecular weight excluding hydrogens is 265 g/mol. The molecule has 19 heavy (non-hydrogen) atoms. The highest BCUT2D eigenvalue weighted by Crippen LogP contribution is 2.32. The van der Waals surface area contributed by atoms with Crippen molar-refractivity contribution in [3.63, 3.8) is 0 Å². The van der Waals surface area contributed by atoms with Crippen molar-refractivity contribution >= 4 is 11.6 Å². The molecule has 0 spiro atoms. The van der Waals surface area contributed by atoms with Crippen molar-refractivity contribution < 1.29 is 9.13 Å². The van der Waals surface area contributed by atoms with E-state index in [4.69, 9.17) is 16.3 Å². The first-order valence-corrected chi connectivity index (χ1v) is 7.25. The van der Waals surface area contributed by atoms with Crippen LogP contribution in [0.2, 0.25) is 5.02 Å². The summed E-state index contributed by atoms with van der Waals surface area (Å²) in [6.07, 6.45) is 2.12. The van der Waals surface area contributed by atoms with Crippen LogP contribution >= 0.6 is 11.6 Å². The fourth-order valence-electron chi connectivity index (χ4n) is 2.49. The SMILES string of the molecule is CCC1(CC)CNCC(c2ccc(F)c(Cl)c2)OC1. The fourth-order valence-corrected chi connectivity index (χ4v) is 2.68.